The molecule has 0 atom stereocenters. The summed E-state index contributed by atoms with van der Waals surface area (Å²) < 4.78 is 0. The van der Waals surface area contributed by atoms with Crippen molar-refractivity contribution in [2.45, 2.75) is 31.1 Å². The van der Waals surface area contributed by atoms with Crippen LogP contribution in [-0.4, -0.2) is 0 Å². The van der Waals surface area contributed by atoms with Crippen LogP contribution in [0.25, 0.3) is 87.6 Å². The van der Waals surface area contributed by atoms with E-state index >= 15 is 0 Å². The van der Waals surface area contributed by atoms with Crippen molar-refractivity contribution >= 4 is 61.4 Å². The second-order valence-corrected chi connectivity index (χ2v) is 16.7. The van der Waals surface area contributed by atoms with E-state index in [0.717, 1.165) is 10.6 Å². The Balaban J connectivity index is 0.000000459. The average molecular weight is 762 g/mol. The van der Waals surface area contributed by atoms with Crippen LogP contribution in [-0.2, 0) is 5.41 Å². The molecular formula is C56H43NS. The van der Waals surface area contributed by atoms with Crippen LogP contribution in [0.15, 0.2) is 193 Å². The molecule has 0 saturated carbocycles. The number of hydrogen-bond acceptors (Lipinski definition) is 2. The number of thiol groups is 1. The first-order valence-corrected chi connectivity index (χ1v) is 20.5. The highest BCUT2D eigenvalue weighted by molar-refractivity contribution is 7.80. The molecule has 0 aromatic heterocycles. The molecule has 0 heterocycles. The number of fused-ring (bicyclic) bond motifs is 7. The Hall–Kier alpha value is -6.61. The van der Waals surface area contributed by atoms with E-state index in [0.29, 0.717) is 0 Å². The Morgan fingerprint density at radius 2 is 0.914 bits per heavy atom. The van der Waals surface area contributed by atoms with Gasteiger partial charge in [0.1, 0.15) is 0 Å². The molecule has 58 heavy (non-hydrogen) atoms. The van der Waals surface area contributed by atoms with Crippen LogP contribution in [0.3, 0.4) is 0 Å². The Labute approximate surface area is 345 Å². The molecule has 11 rings (SSSR count). The maximum atomic E-state index is 5.44. The molecule has 0 unspecified atom stereocenters. The van der Waals surface area contributed by atoms with Gasteiger partial charge in [0, 0.05) is 16.0 Å². The van der Waals surface area contributed by atoms with Gasteiger partial charge in [0.25, 0.3) is 0 Å². The second-order valence-electron chi connectivity index (χ2n) is 16.2. The fourth-order valence-electron chi connectivity index (χ4n) is 9.15. The van der Waals surface area contributed by atoms with Crippen LogP contribution < -0.4 is 5.73 Å². The highest BCUT2D eigenvalue weighted by atomic mass is 32.1. The van der Waals surface area contributed by atoms with Gasteiger partial charge in [0.2, 0.25) is 0 Å². The minimum absolute atomic E-state index is 0.109. The first-order chi connectivity index (χ1) is 28.2. The molecule has 2 heteroatoms. The van der Waals surface area contributed by atoms with Gasteiger partial charge in [-0.15, -0.1) is 12.6 Å². The van der Waals surface area contributed by atoms with Crippen molar-refractivity contribution in [1.82, 2.24) is 0 Å². The summed E-state index contributed by atoms with van der Waals surface area (Å²) >= 11 is 4.07. The van der Waals surface area contributed by atoms with Crippen LogP contribution in [0.4, 0.5) is 5.69 Å². The van der Waals surface area contributed by atoms with Crippen molar-refractivity contribution in [3.05, 3.63) is 205 Å². The van der Waals surface area contributed by atoms with E-state index in [4.69, 9.17) is 5.73 Å². The number of nitrogen functional groups attached to an aromatic ring is 1. The SMILES string of the molecule is Cc1ccc(-c2ccc3c(-c4ccc5ccccc5c4)c4cc5c(cc4c(-c4ccc6ccccc6c4)c3c2)C(C)(C)c2ccccc2-5)cc1.Nc1ccccc1S. The van der Waals surface area contributed by atoms with Crippen molar-refractivity contribution in [2.75, 3.05) is 5.73 Å². The zero-order chi connectivity index (χ0) is 39.5. The Morgan fingerprint density at radius 1 is 0.397 bits per heavy atom. The molecule has 0 radical (unpaired) electrons. The molecule has 1 nitrogen and oxygen atoms in total. The largest absolute Gasteiger partial charge is 0.398 e. The highest BCUT2D eigenvalue weighted by Gasteiger charge is 2.36. The molecule has 0 saturated heterocycles. The summed E-state index contributed by atoms with van der Waals surface area (Å²) in [6, 6.07) is 69.0. The van der Waals surface area contributed by atoms with Gasteiger partial charge in [-0.3, -0.25) is 0 Å². The van der Waals surface area contributed by atoms with Gasteiger partial charge in [0.05, 0.1) is 0 Å². The van der Waals surface area contributed by atoms with Crippen molar-refractivity contribution in [3.63, 3.8) is 0 Å². The van der Waals surface area contributed by atoms with Crippen LogP contribution in [0.5, 0.6) is 0 Å². The van der Waals surface area contributed by atoms with E-state index in [1.807, 2.05) is 24.3 Å². The number of rotatable bonds is 3. The van der Waals surface area contributed by atoms with Crippen molar-refractivity contribution in [1.29, 1.82) is 0 Å². The molecule has 0 aliphatic heterocycles. The molecule has 10 aromatic carbocycles. The number of para-hydroxylation sites is 1. The lowest BCUT2D eigenvalue weighted by Crippen LogP contribution is -2.14. The van der Waals surface area contributed by atoms with Crippen LogP contribution in [0.1, 0.15) is 30.5 Å². The predicted octanol–water partition coefficient (Wildman–Crippen LogP) is 15.5. The molecule has 0 spiro atoms. The summed E-state index contributed by atoms with van der Waals surface area (Å²) in [5.74, 6) is 0. The minimum Gasteiger partial charge on any atom is -0.398 e. The fraction of sp³-hybridized carbons (Fsp3) is 0.0714. The number of hydrogen-bond donors (Lipinski definition) is 2. The van der Waals surface area contributed by atoms with Gasteiger partial charge in [-0.1, -0.05) is 165 Å². The lowest BCUT2D eigenvalue weighted by atomic mass is 9.79. The Kier molecular flexibility index (Phi) is 8.69. The molecule has 278 valence electrons. The van der Waals surface area contributed by atoms with Crippen LogP contribution in [0, 0.1) is 6.92 Å². The number of nitrogens with two attached hydrogens (primary N) is 1. The van der Waals surface area contributed by atoms with Crippen LogP contribution in [0.2, 0.25) is 0 Å². The maximum absolute atomic E-state index is 5.44. The number of aryl methyl sites for hydroxylation is 1. The summed E-state index contributed by atoms with van der Waals surface area (Å²) in [6.45, 7) is 6.93. The van der Waals surface area contributed by atoms with E-state index in [-0.39, 0.29) is 5.41 Å². The first kappa shape index (κ1) is 35.8. The van der Waals surface area contributed by atoms with Crippen molar-refractivity contribution < 1.29 is 0 Å². The van der Waals surface area contributed by atoms with Crippen molar-refractivity contribution in [3.8, 4) is 44.5 Å². The molecule has 2 N–H and O–H groups in total. The lowest BCUT2D eigenvalue weighted by molar-refractivity contribution is 0.661. The Bertz CT molecular complexity index is 3210. The first-order valence-electron chi connectivity index (χ1n) is 20.0. The lowest BCUT2D eigenvalue weighted by Gasteiger charge is -2.24. The summed E-state index contributed by atoms with van der Waals surface area (Å²) in [5.41, 5.74) is 20.4. The van der Waals surface area contributed by atoms with E-state index in [9.17, 15) is 0 Å². The minimum atomic E-state index is -0.109. The van der Waals surface area contributed by atoms with Gasteiger partial charge in [-0.25, -0.2) is 0 Å². The molecule has 10 aromatic rings. The molecule has 0 amide bonds. The predicted molar refractivity (Wildman–Crippen MR) is 253 cm³/mol. The monoisotopic (exact) mass is 761 g/mol. The average Bonchev–Trinajstić information content (AvgIpc) is 3.48. The van der Waals surface area contributed by atoms with E-state index in [1.165, 1.54) is 104 Å². The van der Waals surface area contributed by atoms with E-state index in [1.54, 1.807) is 0 Å². The quantitative estimate of drug-likeness (QED) is 0.105. The normalized spacial score (nSPS) is 12.7. The third-order valence-corrected chi connectivity index (χ3v) is 12.6. The third-order valence-electron chi connectivity index (χ3n) is 12.2. The maximum Gasteiger partial charge on any atom is 0.0449 e. The summed E-state index contributed by atoms with van der Waals surface area (Å²) in [5, 5.41) is 10.2. The molecule has 1 aliphatic rings. The van der Waals surface area contributed by atoms with Gasteiger partial charge < -0.3 is 5.73 Å². The highest BCUT2D eigenvalue weighted by Crippen LogP contribution is 2.53. The van der Waals surface area contributed by atoms with Gasteiger partial charge in [0.15, 0.2) is 0 Å². The second kappa shape index (κ2) is 14.1. The summed E-state index contributed by atoms with van der Waals surface area (Å²) in [4.78, 5) is 0.840. The van der Waals surface area contributed by atoms with Gasteiger partial charge in [-0.2, -0.15) is 0 Å². The van der Waals surface area contributed by atoms with E-state index < -0.39 is 0 Å². The van der Waals surface area contributed by atoms with Crippen LogP contribution >= 0.6 is 12.6 Å². The topological polar surface area (TPSA) is 26.0 Å². The van der Waals surface area contributed by atoms with Gasteiger partial charge in [-0.05, 0) is 148 Å². The zero-order valence-electron chi connectivity index (χ0n) is 32.9. The number of benzene rings is 10. The fourth-order valence-corrected chi connectivity index (χ4v) is 9.31. The Morgan fingerprint density at radius 3 is 1.55 bits per heavy atom. The van der Waals surface area contributed by atoms with E-state index in [2.05, 4.69) is 197 Å². The standard InChI is InChI=1S/C50H36.C6H7NS/c1-31-16-18-34(19-17-31)37-24-25-41-43(28-37)49(39-23-21-33-11-5-7-13-36(33)27-39)45-30-47-42(40-14-8-9-15-46(40)50(47,2)3)29-44(45)48(41)38-22-20-32-10-4-6-12-35(32)26-38;7-5-3-1-2-4-6(5)8/h4-30H,1-3H3;1-4,8H,7H2. The number of anilines is 1. The zero-order valence-corrected chi connectivity index (χ0v) is 33.8. The smallest absolute Gasteiger partial charge is 0.0449 e. The van der Waals surface area contributed by atoms with Gasteiger partial charge >= 0.3 is 0 Å². The van der Waals surface area contributed by atoms with Crippen molar-refractivity contribution in [2.24, 2.45) is 0 Å². The molecular weight excluding hydrogens is 719 g/mol. The summed E-state index contributed by atoms with van der Waals surface area (Å²) in [6.07, 6.45) is 0. The summed E-state index contributed by atoms with van der Waals surface area (Å²) in [7, 11) is 0. The third kappa shape index (κ3) is 6.04. The molecule has 1 aliphatic carbocycles. The molecule has 0 bridgehead atoms. The molecule has 0 fully saturated rings.